The van der Waals surface area contributed by atoms with Crippen LogP contribution in [0.2, 0.25) is 0 Å². The number of benzene rings is 2. The summed E-state index contributed by atoms with van der Waals surface area (Å²) in [6.07, 6.45) is -5.80. The highest BCUT2D eigenvalue weighted by atomic mass is 79.9. The number of aryl methyl sites for hydroxylation is 1. The maximum absolute atomic E-state index is 12.9. The Morgan fingerprint density at radius 3 is 2.35 bits per heavy atom. The van der Waals surface area contributed by atoms with E-state index in [2.05, 4.69) is 15.9 Å². The molecular weight excluding hydrogens is 333 g/mol. The van der Waals surface area contributed by atoms with Gasteiger partial charge in [0.15, 0.2) is 0 Å². The maximum atomic E-state index is 12.9. The zero-order valence-corrected chi connectivity index (χ0v) is 12.2. The first kappa shape index (κ1) is 15.1. The van der Waals surface area contributed by atoms with Crippen molar-refractivity contribution < 1.29 is 18.3 Å². The average Bonchev–Trinajstić information content (AvgIpc) is 2.40. The van der Waals surface area contributed by atoms with Gasteiger partial charge in [-0.2, -0.15) is 13.2 Å². The number of alkyl halides is 3. The van der Waals surface area contributed by atoms with Crippen molar-refractivity contribution in [2.24, 2.45) is 0 Å². The second-order valence-corrected chi connectivity index (χ2v) is 5.35. The normalized spacial score (nSPS) is 13.3. The third kappa shape index (κ3) is 3.04. The van der Waals surface area contributed by atoms with Crippen LogP contribution in [0.3, 0.4) is 0 Å². The van der Waals surface area contributed by atoms with E-state index in [1.807, 2.05) is 6.92 Å². The molecule has 0 aliphatic carbocycles. The predicted molar refractivity (Wildman–Crippen MR) is 74.4 cm³/mol. The summed E-state index contributed by atoms with van der Waals surface area (Å²) in [5.41, 5.74) is 0.407. The first-order valence-electron chi connectivity index (χ1n) is 5.91. The molecule has 0 radical (unpaired) electrons. The van der Waals surface area contributed by atoms with Crippen LogP contribution in [0.4, 0.5) is 13.2 Å². The zero-order valence-electron chi connectivity index (χ0n) is 10.6. The van der Waals surface area contributed by atoms with E-state index in [0.717, 1.165) is 16.1 Å². The summed E-state index contributed by atoms with van der Waals surface area (Å²) in [5, 5.41) is 10.2. The highest BCUT2D eigenvalue weighted by Gasteiger charge is 2.34. The summed E-state index contributed by atoms with van der Waals surface area (Å²) in [6, 6.07) is 10.1. The number of aliphatic hydroxyl groups excluding tert-OH is 1. The number of halogens is 4. The predicted octanol–water partition coefficient (Wildman–Crippen LogP) is 4.86. The van der Waals surface area contributed by atoms with Gasteiger partial charge in [-0.25, -0.2) is 0 Å². The standard InChI is InChI=1S/C15H12BrF3O/c1-9-6-7-10(8-13(9)16)14(20)11-4-2-3-5-12(11)15(17,18)19/h2-8,14,20H,1H3. The largest absolute Gasteiger partial charge is 0.416 e. The van der Waals surface area contributed by atoms with Gasteiger partial charge in [-0.1, -0.05) is 46.3 Å². The molecule has 0 saturated heterocycles. The molecule has 106 valence electrons. The van der Waals surface area contributed by atoms with Crippen LogP contribution in [0.25, 0.3) is 0 Å². The summed E-state index contributed by atoms with van der Waals surface area (Å²) in [5.74, 6) is 0. The highest BCUT2D eigenvalue weighted by molar-refractivity contribution is 9.10. The molecule has 2 rings (SSSR count). The Kier molecular flexibility index (Phi) is 4.20. The fraction of sp³-hybridized carbons (Fsp3) is 0.200. The van der Waals surface area contributed by atoms with Gasteiger partial charge < -0.3 is 5.11 Å². The van der Waals surface area contributed by atoms with Crippen molar-refractivity contribution in [3.05, 3.63) is 69.2 Å². The van der Waals surface area contributed by atoms with Crippen LogP contribution in [0.15, 0.2) is 46.9 Å². The second-order valence-electron chi connectivity index (χ2n) is 4.50. The molecule has 0 saturated carbocycles. The van der Waals surface area contributed by atoms with E-state index in [1.165, 1.54) is 18.2 Å². The molecule has 2 aromatic rings. The lowest BCUT2D eigenvalue weighted by atomic mass is 9.96. The summed E-state index contributed by atoms with van der Waals surface area (Å²) < 4.78 is 39.6. The average molecular weight is 345 g/mol. The highest BCUT2D eigenvalue weighted by Crippen LogP contribution is 2.37. The fourth-order valence-corrected chi connectivity index (χ4v) is 2.35. The molecule has 0 fully saturated rings. The van der Waals surface area contributed by atoms with E-state index in [4.69, 9.17) is 0 Å². The quantitative estimate of drug-likeness (QED) is 0.824. The minimum Gasteiger partial charge on any atom is -0.384 e. The van der Waals surface area contributed by atoms with E-state index < -0.39 is 17.8 Å². The van der Waals surface area contributed by atoms with Gasteiger partial charge in [0.1, 0.15) is 6.10 Å². The van der Waals surface area contributed by atoms with Crippen LogP contribution in [0.5, 0.6) is 0 Å². The molecule has 5 heteroatoms. The van der Waals surface area contributed by atoms with E-state index in [-0.39, 0.29) is 5.56 Å². The fourth-order valence-electron chi connectivity index (χ4n) is 1.95. The lowest BCUT2D eigenvalue weighted by Gasteiger charge is -2.18. The maximum Gasteiger partial charge on any atom is 0.416 e. The summed E-state index contributed by atoms with van der Waals surface area (Å²) in [4.78, 5) is 0. The first-order valence-corrected chi connectivity index (χ1v) is 6.70. The number of hydrogen-bond acceptors (Lipinski definition) is 1. The Labute approximate surface area is 123 Å². The van der Waals surface area contributed by atoms with Crippen LogP contribution in [-0.2, 0) is 6.18 Å². The molecule has 1 nitrogen and oxygen atoms in total. The van der Waals surface area contributed by atoms with Crippen LogP contribution < -0.4 is 0 Å². The van der Waals surface area contributed by atoms with Crippen molar-refractivity contribution in [2.45, 2.75) is 19.2 Å². The SMILES string of the molecule is Cc1ccc(C(O)c2ccccc2C(F)(F)F)cc1Br. The molecule has 1 N–H and O–H groups in total. The summed E-state index contributed by atoms with van der Waals surface area (Å²) in [7, 11) is 0. The molecule has 1 unspecified atom stereocenters. The Balaban J connectivity index is 2.48. The third-order valence-electron chi connectivity index (χ3n) is 3.07. The molecule has 0 spiro atoms. The van der Waals surface area contributed by atoms with Gasteiger partial charge in [0, 0.05) is 4.47 Å². The molecule has 1 atom stereocenters. The molecule has 2 aromatic carbocycles. The van der Waals surface area contributed by atoms with Crippen molar-refractivity contribution in [3.8, 4) is 0 Å². The molecule has 20 heavy (non-hydrogen) atoms. The van der Waals surface area contributed by atoms with Crippen LogP contribution in [0.1, 0.15) is 28.4 Å². The van der Waals surface area contributed by atoms with E-state index >= 15 is 0 Å². The van der Waals surface area contributed by atoms with Gasteiger partial charge in [-0.05, 0) is 35.7 Å². The Hall–Kier alpha value is -1.33. The molecule has 0 heterocycles. The Morgan fingerprint density at radius 1 is 1.10 bits per heavy atom. The topological polar surface area (TPSA) is 20.2 Å². The Morgan fingerprint density at radius 2 is 1.75 bits per heavy atom. The molecular formula is C15H12BrF3O. The van der Waals surface area contributed by atoms with Crippen LogP contribution in [-0.4, -0.2) is 5.11 Å². The van der Waals surface area contributed by atoms with Gasteiger partial charge in [-0.3, -0.25) is 0 Å². The lowest BCUT2D eigenvalue weighted by Crippen LogP contribution is -2.12. The van der Waals surface area contributed by atoms with E-state index in [9.17, 15) is 18.3 Å². The van der Waals surface area contributed by atoms with Gasteiger partial charge in [-0.15, -0.1) is 0 Å². The van der Waals surface area contributed by atoms with Crippen molar-refractivity contribution in [1.29, 1.82) is 0 Å². The van der Waals surface area contributed by atoms with Crippen molar-refractivity contribution >= 4 is 15.9 Å². The molecule has 0 aromatic heterocycles. The van der Waals surface area contributed by atoms with E-state index in [0.29, 0.717) is 5.56 Å². The van der Waals surface area contributed by atoms with Crippen molar-refractivity contribution in [3.63, 3.8) is 0 Å². The molecule has 0 amide bonds. The summed E-state index contributed by atoms with van der Waals surface area (Å²) >= 11 is 3.31. The molecule has 0 aliphatic heterocycles. The minimum atomic E-state index is -4.49. The van der Waals surface area contributed by atoms with Gasteiger partial charge in [0.05, 0.1) is 5.56 Å². The number of rotatable bonds is 2. The van der Waals surface area contributed by atoms with Crippen LogP contribution >= 0.6 is 15.9 Å². The van der Waals surface area contributed by atoms with Gasteiger partial charge >= 0.3 is 6.18 Å². The molecule has 0 bridgehead atoms. The van der Waals surface area contributed by atoms with Gasteiger partial charge in [0.25, 0.3) is 0 Å². The smallest absolute Gasteiger partial charge is 0.384 e. The molecule has 0 aliphatic rings. The van der Waals surface area contributed by atoms with Crippen molar-refractivity contribution in [1.82, 2.24) is 0 Å². The zero-order chi connectivity index (χ0) is 14.9. The Bertz CT molecular complexity index is 623. The van der Waals surface area contributed by atoms with Crippen molar-refractivity contribution in [2.75, 3.05) is 0 Å². The minimum absolute atomic E-state index is 0.143. The summed E-state index contributed by atoms with van der Waals surface area (Å²) in [6.45, 7) is 1.86. The first-order chi connectivity index (χ1) is 9.30. The monoisotopic (exact) mass is 344 g/mol. The lowest BCUT2D eigenvalue weighted by molar-refractivity contribution is -0.139. The number of aliphatic hydroxyl groups is 1. The number of hydrogen-bond donors (Lipinski definition) is 1. The second kappa shape index (κ2) is 5.58. The van der Waals surface area contributed by atoms with Crippen LogP contribution in [0, 0.1) is 6.92 Å². The third-order valence-corrected chi connectivity index (χ3v) is 3.93. The van der Waals surface area contributed by atoms with E-state index in [1.54, 1.807) is 18.2 Å². The van der Waals surface area contributed by atoms with Gasteiger partial charge in [0.2, 0.25) is 0 Å².